The van der Waals surface area contributed by atoms with Crippen molar-refractivity contribution in [1.82, 2.24) is 10.6 Å². The van der Waals surface area contributed by atoms with Crippen molar-refractivity contribution >= 4 is 18.0 Å². The van der Waals surface area contributed by atoms with Crippen LogP contribution in [0.1, 0.15) is 57.1 Å². The van der Waals surface area contributed by atoms with Crippen LogP contribution in [-0.4, -0.2) is 41.8 Å². The molecule has 2 aromatic carbocycles. The molecule has 0 spiro atoms. The number of hydrogen-bond donors (Lipinski definition) is 3. The fourth-order valence-electron chi connectivity index (χ4n) is 4.30. The number of carboxylic acids is 1. The van der Waals surface area contributed by atoms with E-state index in [0.29, 0.717) is 12.8 Å². The van der Waals surface area contributed by atoms with Crippen LogP contribution < -0.4 is 10.6 Å². The third kappa shape index (κ3) is 6.12. The molecule has 7 heteroatoms. The summed E-state index contributed by atoms with van der Waals surface area (Å²) in [6, 6.07) is 14.9. The van der Waals surface area contributed by atoms with Crippen molar-refractivity contribution in [1.29, 1.82) is 0 Å². The van der Waals surface area contributed by atoms with Crippen LogP contribution in [0.4, 0.5) is 4.79 Å². The molecule has 3 rings (SSSR count). The average Bonchev–Trinajstić information content (AvgIpc) is 3.10. The number of aliphatic carboxylic acids is 1. The first-order valence-electron chi connectivity index (χ1n) is 11.4. The minimum Gasteiger partial charge on any atom is -0.481 e. The van der Waals surface area contributed by atoms with Gasteiger partial charge < -0.3 is 20.5 Å². The summed E-state index contributed by atoms with van der Waals surface area (Å²) in [5.41, 5.74) is 4.51. The van der Waals surface area contributed by atoms with Crippen LogP contribution in [0.2, 0.25) is 0 Å². The number of carboxylic acid groups (broad SMARTS) is 1. The minimum atomic E-state index is -0.980. The Balaban J connectivity index is 1.65. The van der Waals surface area contributed by atoms with Gasteiger partial charge in [-0.3, -0.25) is 9.59 Å². The molecule has 0 fully saturated rings. The Bertz CT molecular complexity index is 958. The molecule has 0 radical (unpaired) electrons. The van der Waals surface area contributed by atoms with Crippen molar-refractivity contribution < 1.29 is 24.2 Å². The first-order chi connectivity index (χ1) is 15.8. The van der Waals surface area contributed by atoms with E-state index in [9.17, 15) is 14.4 Å². The maximum absolute atomic E-state index is 12.8. The van der Waals surface area contributed by atoms with E-state index in [1.54, 1.807) is 0 Å². The zero-order valence-electron chi connectivity index (χ0n) is 19.3. The summed E-state index contributed by atoms with van der Waals surface area (Å²) in [5, 5.41) is 14.5. The standard InChI is InChI=1S/C26H32N2O5/c1-4-17(14-24(29)30)27-25(31)23(13-16(2)3)28-26(32)33-15-22-20-11-7-5-9-18(20)19-10-6-8-12-21(19)22/h5-12,16-17,22-23H,4,13-15H2,1-3H3,(H,27,31)(H,28,32)(H,29,30)/t17?,23-/m1/s1. The Hall–Kier alpha value is -3.35. The molecule has 0 aromatic heterocycles. The van der Waals surface area contributed by atoms with E-state index < -0.39 is 30.1 Å². The van der Waals surface area contributed by atoms with Crippen molar-refractivity contribution in [2.24, 2.45) is 5.92 Å². The van der Waals surface area contributed by atoms with Gasteiger partial charge in [-0.1, -0.05) is 69.3 Å². The number of rotatable bonds is 10. The summed E-state index contributed by atoms with van der Waals surface area (Å²) in [6.07, 6.45) is 0.0716. The van der Waals surface area contributed by atoms with Gasteiger partial charge in [0.05, 0.1) is 6.42 Å². The lowest BCUT2D eigenvalue weighted by atomic mass is 9.98. The molecule has 0 aliphatic heterocycles. The van der Waals surface area contributed by atoms with E-state index in [1.165, 1.54) is 0 Å². The molecule has 2 atom stereocenters. The lowest BCUT2D eigenvalue weighted by Gasteiger charge is -2.23. The van der Waals surface area contributed by atoms with Crippen LogP contribution >= 0.6 is 0 Å². The molecule has 2 amide bonds. The summed E-state index contributed by atoms with van der Waals surface area (Å²) in [5.74, 6) is -1.30. The van der Waals surface area contributed by atoms with E-state index in [4.69, 9.17) is 9.84 Å². The van der Waals surface area contributed by atoms with Gasteiger partial charge in [0, 0.05) is 12.0 Å². The zero-order chi connectivity index (χ0) is 24.0. The van der Waals surface area contributed by atoms with Gasteiger partial charge in [-0.2, -0.15) is 0 Å². The first-order valence-corrected chi connectivity index (χ1v) is 11.4. The number of nitrogens with one attached hydrogen (secondary N) is 2. The predicted molar refractivity (Wildman–Crippen MR) is 126 cm³/mol. The second-order valence-corrected chi connectivity index (χ2v) is 8.86. The summed E-state index contributed by atoms with van der Waals surface area (Å²) < 4.78 is 5.57. The van der Waals surface area contributed by atoms with Gasteiger partial charge in [-0.15, -0.1) is 0 Å². The number of alkyl carbamates (subject to hydrolysis) is 1. The molecule has 3 N–H and O–H groups in total. The van der Waals surface area contributed by atoms with E-state index in [2.05, 4.69) is 22.8 Å². The number of benzene rings is 2. The average molecular weight is 453 g/mol. The fraction of sp³-hybridized carbons (Fsp3) is 0.423. The highest BCUT2D eigenvalue weighted by atomic mass is 16.5. The molecule has 1 unspecified atom stereocenters. The molecule has 2 aromatic rings. The predicted octanol–water partition coefficient (Wildman–Crippen LogP) is 4.31. The molecule has 33 heavy (non-hydrogen) atoms. The zero-order valence-corrected chi connectivity index (χ0v) is 19.3. The Kier molecular flexibility index (Phi) is 8.09. The molecule has 1 aliphatic rings. The van der Waals surface area contributed by atoms with Crippen LogP contribution in [0.3, 0.4) is 0 Å². The van der Waals surface area contributed by atoms with Crippen LogP contribution in [0.25, 0.3) is 11.1 Å². The molecule has 0 saturated heterocycles. The van der Waals surface area contributed by atoms with Crippen LogP contribution in [0, 0.1) is 5.92 Å². The SMILES string of the molecule is CCC(CC(=O)O)NC(=O)[C@@H](CC(C)C)NC(=O)OCC1c2ccccc2-c2ccccc21. The minimum absolute atomic E-state index is 0.0689. The largest absolute Gasteiger partial charge is 0.481 e. The van der Waals surface area contributed by atoms with Gasteiger partial charge >= 0.3 is 12.1 Å². The number of carbonyl (C=O) groups is 3. The van der Waals surface area contributed by atoms with Crippen LogP contribution in [0.5, 0.6) is 0 Å². The molecule has 0 bridgehead atoms. The number of amides is 2. The quantitative estimate of drug-likeness (QED) is 0.498. The highest BCUT2D eigenvalue weighted by Crippen LogP contribution is 2.44. The number of carbonyl (C=O) groups excluding carboxylic acids is 2. The normalized spacial score (nSPS) is 14.2. The molecular weight excluding hydrogens is 420 g/mol. The summed E-state index contributed by atoms with van der Waals surface area (Å²) >= 11 is 0. The molecule has 0 saturated carbocycles. The van der Waals surface area contributed by atoms with Gasteiger partial charge in [-0.25, -0.2) is 4.79 Å². The third-order valence-electron chi connectivity index (χ3n) is 5.92. The lowest BCUT2D eigenvalue weighted by molar-refractivity contribution is -0.137. The van der Waals surface area contributed by atoms with Gasteiger partial charge in [0.2, 0.25) is 5.91 Å². The second-order valence-electron chi connectivity index (χ2n) is 8.86. The maximum atomic E-state index is 12.8. The van der Waals surface area contributed by atoms with E-state index in [1.807, 2.05) is 57.2 Å². The molecule has 1 aliphatic carbocycles. The second kappa shape index (κ2) is 11.0. The highest BCUT2D eigenvalue weighted by molar-refractivity contribution is 5.86. The molecule has 0 heterocycles. The number of hydrogen-bond acceptors (Lipinski definition) is 4. The molecule has 176 valence electrons. The lowest BCUT2D eigenvalue weighted by Crippen LogP contribution is -2.50. The maximum Gasteiger partial charge on any atom is 0.407 e. The summed E-state index contributed by atoms with van der Waals surface area (Å²) in [4.78, 5) is 36.4. The van der Waals surface area contributed by atoms with Crippen molar-refractivity contribution in [2.75, 3.05) is 6.61 Å². The number of fused-ring (bicyclic) bond motifs is 3. The highest BCUT2D eigenvalue weighted by Gasteiger charge is 2.30. The Morgan fingerprint density at radius 2 is 1.55 bits per heavy atom. The molecule has 7 nitrogen and oxygen atoms in total. The number of ether oxygens (including phenoxy) is 1. The van der Waals surface area contributed by atoms with Gasteiger partial charge in [0.1, 0.15) is 12.6 Å². The fourth-order valence-corrected chi connectivity index (χ4v) is 4.30. The Morgan fingerprint density at radius 3 is 2.06 bits per heavy atom. The van der Waals surface area contributed by atoms with Crippen molar-refractivity contribution in [3.8, 4) is 11.1 Å². The monoisotopic (exact) mass is 452 g/mol. The third-order valence-corrected chi connectivity index (χ3v) is 5.92. The Morgan fingerprint density at radius 1 is 0.970 bits per heavy atom. The summed E-state index contributed by atoms with van der Waals surface area (Å²) in [6.45, 7) is 5.87. The first kappa shape index (κ1) is 24.3. The Labute approximate surface area is 194 Å². The van der Waals surface area contributed by atoms with Gasteiger partial charge in [0.25, 0.3) is 0 Å². The van der Waals surface area contributed by atoms with Gasteiger partial charge in [0.15, 0.2) is 0 Å². The van der Waals surface area contributed by atoms with Crippen LogP contribution in [-0.2, 0) is 14.3 Å². The van der Waals surface area contributed by atoms with E-state index in [0.717, 1.165) is 22.3 Å². The molecular formula is C26H32N2O5. The van der Waals surface area contributed by atoms with Crippen molar-refractivity contribution in [3.05, 3.63) is 59.7 Å². The van der Waals surface area contributed by atoms with Gasteiger partial charge in [-0.05, 0) is 41.0 Å². The smallest absolute Gasteiger partial charge is 0.407 e. The summed E-state index contributed by atoms with van der Waals surface area (Å²) in [7, 11) is 0. The van der Waals surface area contributed by atoms with Crippen molar-refractivity contribution in [3.63, 3.8) is 0 Å². The van der Waals surface area contributed by atoms with E-state index in [-0.39, 0.29) is 24.9 Å². The van der Waals surface area contributed by atoms with Crippen molar-refractivity contribution in [2.45, 2.75) is 58.0 Å². The van der Waals surface area contributed by atoms with E-state index >= 15 is 0 Å². The topological polar surface area (TPSA) is 105 Å². The van der Waals surface area contributed by atoms with Crippen LogP contribution in [0.15, 0.2) is 48.5 Å².